The molecule has 3 rings (SSSR count). The molecule has 0 saturated carbocycles. The van der Waals surface area contributed by atoms with Crippen LogP contribution in [0.4, 0.5) is 4.39 Å². The van der Waals surface area contributed by atoms with Crippen molar-refractivity contribution in [2.45, 2.75) is 43.8 Å². The van der Waals surface area contributed by atoms with Crippen molar-refractivity contribution in [1.82, 2.24) is 14.8 Å². The largest absolute Gasteiger partial charge is 0.494 e. The van der Waals surface area contributed by atoms with Crippen LogP contribution in [0, 0.1) is 5.82 Å². The van der Waals surface area contributed by atoms with Gasteiger partial charge in [-0.1, -0.05) is 18.2 Å². The molecular formula is C16H20FN3OS. The van der Waals surface area contributed by atoms with E-state index in [1.807, 2.05) is 0 Å². The van der Waals surface area contributed by atoms with Gasteiger partial charge < -0.3 is 9.30 Å². The normalized spacial score (nSPS) is 14.4. The first kappa shape index (κ1) is 15.3. The van der Waals surface area contributed by atoms with Crippen LogP contribution in [0.1, 0.15) is 31.5 Å². The highest BCUT2D eigenvalue weighted by Gasteiger charge is 2.14. The summed E-state index contributed by atoms with van der Waals surface area (Å²) in [6.45, 7) is 1.66. The second-order valence-electron chi connectivity index (χ2n) is 5.37. The van der Waals surface area contributed by atoms with E-state index < -0.39 is 0 Å². The molecule has 0 spiro atoms. The molecule has 1 aromatic heterocycles. The lowest BCUT2D eigenvalue weighted by molar-refractivity contribution is 0.318. The zero-order valence-electron chi connectivity index (χ0n) is 12.5. The first-order valence-corrected chi connectivity index (χ1v) is 8.75. The highest BCUT2D eigenvalue weighted by atomic mass is 32.2. The lowest BCUT2D eigenvalue weighted by Crippen LogP contribution is -2.03. The molecule has 0 atom stereocenters. The summed E-state index contributed by atoms with van der Waals surface area (Å²) >= 11 is 1.74. The molecule has 0 amide bonds. The maximum atomic E-state index is 12.8. The van der Waals surface area contributed by atoms with Crippen LogP contribution in [0.3, 0.4) is 0 Å². The fourth-order valence-electron chi connectivity index (χ4n) is 2.51. The molecule has 6 heteroatoms. The van der Waals surface area contributed by atoms with E-state index in [1.165, 1.54) is 31.4 Å². The maximum absolute atomic E-state index is 12.8. The SMILES string of the molecule is Fc1ccc(OCCCSc2nnc3n2CCCCC3)cc1. The van der Waals surface area contributed by atoms with Crippen molar-refractivity contribution in [3.8, 4) is 5.75 Å². The van der Waals surface area contributed by atoms with E-state index in [0.29, 0.717) is 12.4 Å². The third-order valence-electron chi connectivity index (χ3n) is 3.68. The van der Waals surface area contributed by atoms with E-state index in [-0.39, 0.29) is 5.82 Å². The summed E-state index contributed by atoms with van der Waals surface area (Å²) in [5, 5.41) is 9.62. The van der Waals surface area contributed by atoms with Gasteiger partial charge in [0, 0.05) is 18.7 Å². The Hall–Kier alpha value is -1.56. The average molecular weight is 321 g/mol. The van der Waals surface area contributed by atoms with E-state index in [2.05, 4.69) is 14.8 Å². The summed E-state index contributed by atoms with van der Waals surface area (Å²) in [6.07, 6.45) is 5.67. The van der Waals surface area contributed by atoms with Crippen LogP contribution < -0.4 is 4.74 Å². The van der Waals surface area contributed by atoms with Gasteiger partial charge in [0.05, 0.1) is 6.61 Å². The smallest absolute Gasteiger partial charge is 0.191 e. The molecule has 2 heterocycles. The molecule has 0 saturated heterocycles. The number of nitrogens with zero attached hydrogens (tertiary/aromatic N) is 3. The molecule has 1 aliphatic heterocycles. The van der Waals surface area contributed by atoms with Crippen LogP contribution in [0.2, 0.25) is 0 Å². The van der Waals surface area contributed by atoms with Gasteiger partial charge in [-0.3, -0.25) is 0 Å². The third-order valence-corrected chi connectivity index (χ3v) is 4.73. The van der Waals surface area contributed by atoms with Crippen molar-refractivity contribution in [3.63, 3.8) is 0 Å². The summed E-state index contributed by atoms with van der Waals surface area (Å²) < 4.78 is 20.6. The molecule has 1 aromatic carbocycles. The van der Waals surface area contributed by atoms with E-state index in [4.69, 9.17) is 4.74 Å². The quantitative estimate of drug-likeness (QED) is 0.601. The Bertz CT molecular complexity index is 600. The number of rotatable bonds is 6. The van der Waals surface area contributed by atoms with Gasteiger partial charge >= 0.3 is 0 Å². The Balaban J connectivity index is 1.42. The predicted molar refractivity (Wildman–Crippen MR) is 84.8 cm³/mol. The number of benzene rings is 1. The Labute approximate surface area is 134 Å². The number of ether oxygens (including phenoxy) is 1. The summed E-state index contributed by atoms with van der Waals surface area (Å²) in [4.78, 5) is 0. The monoisotopic (exact) mass is 321 g/mol. The molecule has 0 aliphatic carbocycles. The highest BCUT2D eigenvalue weighted by molar-refractivity contribution is 7.99. The van der Waals surface area contributed by atoms with E-state index >= 15 is 0 Å². The Morgan fingerprint density at radius 1 is 1.14 bits per heavy atom. The first-order valence-electron chi connectivity index (χ1n) is 7.76. The lowest BCUT2D eigenvalue weighted by atomic mass is 10.2. The Kier molecular flexibility index (Phi) is 5.32. The standard InChI is InChI=1S/C16H20FN3OS/c17-13-6-8-14(9-7-13)21-11-4-12-22-16-19-18-15-5-2-1-3-10-20(15)16/h6-9H,1-5,10-12H2. The molecular weight excluding hydrogens is 301 g/mol. The molecule has 22 heavy (non-hydrogen) atoms. The van der Waals surface area contributed by atoms with E-state index in [9.17, 15) is 4.39 Å². The van der Waals surface area contributed by atoms with Gasteiger partial charge in [-0.25, -0.2) is 4.39 Å². The number of aromatic nitrogens is 3. The Morgan fingerprint density at radius 2 is 2.00 bits per heavy atom. The van der Waals surface area contributed by atoms with Crippen LogP contribution in [-0.2, 0) is 13.0 Å². The van der Waals surface area contributed by atoms with Crippen molar-refractivity contribution < 1.29 is 9.13 Å². The average Bonchev–Trinajstić information content (AvgIpc) is 2.76. The number of aryl methyl sites for hydroxylation is 1. The number of fused-ring (bicyclic) bond motifs is 1. The van der Waals surface area contributed by atoms with Crippen molar-refractivity contribution in [1.29, 1.82) is 0 Å². The van der Waals surface area contributed by atoms with Crippen molar-refractivity contribution >= 4 is 11.8 Å². The van der Waals surface area contributed by atoms with Crippen molar-refractivity contribution in [3.05, 3.63) is 35.9 Å². The van der Waals surface area contributed by atoms with Gasteiger partial charge in [0.25, 0.3) is 0 Å². The van der Waals surface area contributed by atoms with E-state index in [1.54, 1.807) is 23.9 Å². The summed E-state index contributed by atoms with van der Waals surface area (Å²) in [5.74, 6) is 2.54. The van der Waals surface area contributed by atoms with Crippen LogP contribution in [0.5, 0.6) is 5.75 Å². The Morgan fingerprint density at radius 3 is 2.86 bits per heavy atom. The third kappa shape index (κ3) is 4.00. The summed E-state index contributed by atoms with van der Waals surface area (Å²) in [5.41, 5.74) is 0. The zero-order chi connectivity index (χ0) is 15.2. The van der Waals surface area contributed by atoms with Crippen molar-refractivity contribution in [2.75, 3.05) is 12.4 Å². The van der Waals surface area contributed by atoms with Crippen LogP contribution >= 0.6 is 11.8 Å². The number of halogens is 1. The van der Waals surface area contributed by atoms with Crippen LogP contribution in [0.25, 0.3) is 0 Å². The molecule has 0 unspecified atom stereocenters. The van der Waals surface area contributed by atoms with Gasteiger partial charge in [-0.15, -0.1) is 10.2 Å². The second-order valence-corrected chi connectivity index (χ2v) is 6.43. The molecule has 2 aromatic rings. The fraction of sp³-hybridized carbons (Fsp3) is 0.500. The second kappa shape index (κ2) is 7.63. The molecule has 1 aliphatic rings. The van der Waals surface area contributed by atoms with Gasteiger partial charge in [-0.2, -0.15) is 0 Å². The predicted octanol–water partition coefficient (Wildman–Crippen LogP) is 3.70. The fourth-order valence-corrected chi connectivity index (χ4v) is 3.40. The lowest BCUT2D eigenvalue weighted by Gasteiger charge is -2.07. The van der Waals surface area contributed by atoms with Gasteiger partial charge in [-0.05, 0) is 43.5 Å². The molecule has 0 N–H and O–H groups in total. The van der Waals surface area contributed by atoms with Gasteiger partial charge in [0.15, 0.2) is 5.16 Å². The summed E-state index contributed by atoms with van der Waals surface area (Å²) in [7, 11) is 0. The molecule has 0 radical (unpaired) electrons. The summed E-state index contributed by atoms with van der Waals surface area (Å²) in [6, 6.07) is 6.13. The minimum absolute atomic E-state index is 0.240. The molecule has 4 nitrogen and oxygen atoms in total. The number of hydrogen-bond acceptors (Lipinski definition) is 4. The topological polar surface area (TPSA) is 39.9 Å². The molecule has 118 valence electrons. The number of hydrogen-bond donors (Lipinski definition) is 0. The van der Waals surface area contributed by atoms with Gasteiger partial charge in [0.1, 0.15) is 17.4 Å². The van der Waals surface area contributed by atoms with E-state index in [0.717, 1.165) is 36.1 Å². The maximum Gasteiger partial charge on any atom is 0.191 e. The first-order chi connectivity index (χ1) is 10.8. The highest BCUT2D eigenvalue weighted by Crippen LogP contribution is 2.22. The molecule has 0 fully saturated rings. The molecule has 0 bridgehead atoms. The zero-order valence-corrected chi connectivity index (χ0v) is 13.3. The van der Waals surface area contributed by atoms with Crippen LogP contribution in [-0.4, -0.2) is 27.1 Å². The number of thioether (sulfide) groups is 1. The minimum atomic E-state index is -0.240. The minimum Gasteiger partial charge on any atom is -0.494 e. The van der Waals surface area contributed by atoms with Crippen LogP contribution in [0.15, 0.2) is 29.4 Å². The van der Waals surface area contributed by atoms with Crippen molar-refractivity contribution in [2.24, 2.45) is 0 Å². The van der Waals surface area contributed by atoms with Gasteiger partial charge in [0.2, 0.25) is 0 Å².